The number of rotatable bonds is 1. The van der Waals surface area contributed by atoms with Crippen LogP contribution in [0.4, 0.5) is 5.69 Å². The minimum absolute atomic E-state index is 0.273. The summed E-state index contributed by atoms with van der Waals surface area (Å²) in [6.07, 6.45) is 3.30. The van der Waals surface area contributed by atoms with Gasteiger partial charge < -0.3 is 4.90 Å². The Morgan fingerprint density at radius 3 is 2.94 bits per heavy atom. The molecule has 17 heavy (non-hydrogen) atoms. The van der Waals surface area contributed by atoms with Crippen LogP contribution >= 0.6 is 15.9 Å². The molecule has 90 valence electrons. The topological polar surface area (TPSA) is 20.3 Å². The van der Waals surface area contributed by atoms with Crippen LogP contribution in [0.15, 0.2) is 28.7 Å². The van der Waals surface area contributed by atoms with Crippen molar-refractivity contribution in [1.29, 1.82) is 0 Å². The fourth-order valence-electron chi connectivity index (χ4n) is 3.19. The predicted molar refractivity (Wildman–Crippen MR) is 71.9 cm³/mol. The van der Waals surface area contributed by atoms with Gasteiger partial charge in [-0.2, -0.15) is 0 Å². The summed E-state index contributed by atoms with van der Waals surface area (Å²) in [7, 11) is 0. The summed E-state index contributed by atoms with van der Waals surface area (Å²) >= 11 is 3.48. The molecule has 3 unspecified atom stereocenters. The van der Waals surface area contributed by atoms with Crippen molar-refractivity contribution in [3.05, 3.63) is 28.7 Å². The second-order valence-corrected chi connectivity index (χ2v) is 6.16. The minimum atomic E-state index is 0.273. The zero-order valence-corrected chi connectivity index (χ0v) is 11.5. The summed E-state index contributed by atoms with van der Waals surface area (Å²) in [6, 6.07) is 8.50. The predicted octanol–water partition coefficient (Wildman–Crippen LogP) is 3.60. The van der Waals surface area contributed by atoms with Gasteiger partial charge in [0.15, 0.2) is 0 Å². The van der Waals surface area contributed by atoms with Crippen LogP contribution in [0.3, 0.4) is 0 Å². The third kappa shape index (κ3) is 1.81. The Kier molecular flexibility index (Phi) is 2.74. The molecule has 0 radical (unpaired) electrons. The average Bonchev–Trinajstić information content (AvgIpc) is 2.58. The fourth-order valence-corrected chi connectivity index (χ4v) is 3.57. The number of hydrogen-bond acceptors (Lipinski definition) is 1. The minimum Gasteiger partial charge on any atom is -0.309 e. The van der Waals surface area contributed by atoms with Crippen molar-refractivity contribution in [2.24, 2.45) is 11.8 Å². The highest BCUT2D eigenvalue weighted by Crippen LogP contribution is 2.42. The standard InChI is InChI=1S/C14H16BrNO/c1-9-5-6-10-7-13(9)16(14(10)17)12-4-2-3-11(15)8-12/h2-4,8-10,13H,5-7H2,1H3. The van der Waals surface area contributed by atoms with Crippen molar-refractivity contribution in [3.8, 4) is 0 Å². The van der Waals surface area contributed by atoms with Crippen molar-refractivity contribution in [1.82, 2.24) is 0 Å². The second-order valence-electron chi connectivity index (χ2n) is 5.24. The lowest BCUT2D eigenvalue weighted by Crippen LogP contribution is -2.36. The maximum Gasteiger partial charge on any atom is 0.230 e. The molecule has 3 rings (SSSR count). The lowest BCUT2D eigenvalue weighted by atomic mass is 9.83. The van der Waals surface area contributed by atoms with E-state index in [9.17, 15) is 4.79 Å². The molecule has 0 N–H and O–H groups in total. The first-order valence-electron chi connectivity index (χ1n) is 6.25. The Hall–Kier alpha value is -0.830. The highest BCUT2D eigenvalue weighted by molar-refractivity contribution is 9.10. The molecule has 2 fully saturated rings. The zero-order chi connectivity index (χ0) is 12.0. The molecule has 3 atom stereocenters. The van der Waals surface area contributed by atoms with Gasteiger partial charge in [0.2, 0.25) is 5.91 Å². The molecule has 1 aliphatic heterocycles. The zero-order valence-electron chi connectivity index (χ0n) is 9.90. The van der Waals surface area contributed by atoms with Gasteiger partial charge in [-0.25, -0.2) is 0 Å². The third-order valence-electron chi connectivity index (χ3n) is 4.16. The number of carbonyl (C=O) groups excluding carboxylic acids is 1. The summed E-state index contributed by atoms with van der Waals surface area (Å²) in [5, 5.41) is 0. The van der Waals surface area contributed by atoms with Gasteiger partial charge in [0.25, 0.3) is 0 Å². The van der Waals surface area contributed by atoms with Gasteiger partial charge in [-0.1, -0.05) is 28.9 Å². The van der Waals surface area contributed by atoms with Crippen molar-refractivity contribution in [3.63, 3.8) is 0 Å². The highest BCUT2D eigenvalue weighted by atomic mass is 79.9. The third-order valence-corrected chi connectivity index (χ3v) is 4.65. The van der Waals surface area contributed by atoms with Crippen molar-refractivity contribution in [2.45, 2.75) is 32.2 Å². The van der Waals surface area contributed by atoms with Gasteiger partial charge in [-0.3, -0.25) is 4.79 Å². The van der Waals surface area contributed by atoms with Crippen molar-refractivity contribution < 1.29 is 4.79 Å². The summed E-state index contributed by atoms with van der Waals surface area (Å²) in [4.78, 5) is 14.4. The molecule has 0 spiro atoms. The number of hydrogen-bond donors (Lipinski definition) is 0. The van der Waals surface area contributed by atoms with Crippen LogP contribution in [-0.2, 0) is 4.79 Å². The van der Waals surface area contributed by atoms with Gasteiger partial charge in [0.05, 0.1) is 0 Å². The van der Waals surface area contributed by atoms with E-state index in [0.717, 1.165) is 23.0 Å². The number of benzene rings is 1. The lowest BCUT2D eigenvalue weighted by molar-refractivity contribution is -0.120. The SMILES string of the molecule is CC1CCC2CC1N(c1cccc(Br)c1)C2=O. The Balaban J connectivity index is 1.99. The van der Waals surface area contributed by atoms with Crippen molar-refractivity contribution >= 4 is 27.5 Å². The summed E-state index contributed by atoms with van der Waals surface area (Å²) < 4.78 is 1.04. The van der Waals surface area contributed by atoms with Crippen LogP contribution in [0.1, 0.15) is 26.2 Å². The first-order chi connectivity index (χ1) is 8.16. The maximum atomic E-state index is 12.4. The van der Waals surface area contributed by atoms with Crippen LogP contribution in [-0.4, -0.2) is 11.9 Å². The molecule has 0 aromatic heterocycles. The number of halogens is 1. The number of fused-ring (bicyclic) bond motifs is 2. The molecule has 2 bridgehead atoms. The summed E-state index contributed by atoms with van der Waals surface area (Å²) in [5.74, 6) is 1.23. The average molecular weight is 294 g/mol. The summed E-state index contributed by atoms with van der Waals surface area (Å²) in [6.45, 7) is 2.27. The molecular formula is C14H16BrNO. The second kappa shape index (κ2) is 4.13. The van der Waals surface area contributed by atoms with Gasteiger partial charge in [0, 0.05) is 22.1 Å². The fraction of sp³-hybridized carbons (Fsp3) is 0.500. The van der Waals surface area contributed by atoms with Gasteiger partial charge in [0.1, 0.15) is 0 Å². The van der Waals surface area contributed by atoms with Crippen molar-refractivity contribution in [2.75, 3.05) is 4.90 Å². The molecule has 2 nitrogen and oxygen atoms in total. The molecule has 2 aliphatic rings. The molecular weight excluding hydrogens is 278 g/mol. The van der Waals surface area contributed by atoms with Gasteiger partial charge in [-0.05, 0) is 43.4 Å². The number of nitrogens with zero attached hydrogens (tertiary/aromatic N) is 1. The number of carbonyl (C=O) groups is 1. The highest BCUT2D eigenvalue weighted by Gasteiger charge is 2.45. The van der Waals surface area contributed by atoms with Crippen LogP contribution < -0.4 is 4.90 Å². The first-order valence-corrected chi connectivity index (χ1v) is 7.05. The Bertz CT molecular complexity index is 459. The quantitative estimate of drug-likeness (QED) is 0.775. The van der Waals surface area contributed by atoms with Crippen LogP contribution in [0, 0.1) is 11.8 Å². The monoisotopic (exact) mass is 293 g/mol. The Morgan fingerprint density at radius 2 is 2.18 bits per heavy atom. The Labute approximate surface area is 110 Å². The Morgan fingerprint density at radius 1 is 1.35 bits per heavy atom. The van der Waals surface area contributed by atoms with E-state index in [1.165, 1.54) is 6.42 Å². The molecule has 1 aromatic carbocycles. The van der Waals surface area contributed by atoms with E-state index in [1.54, 1.807) is 0 Å². The first kappa shape index (κ1) is 11.3. The molecule has 1 aromatic rings. The van der Waals surface area contributed by atoms with Crippen LogP contribution in [0.2, 0.25) is 0 Å². The molecule has 1 aliphatic carbocycles. The molecule has 1 saturated carbocycles. The molecule has 1 heterocycles. The number of amides is 1. The van der Waals surface area contributed by atoms with E-state index in [0.29, 0.717) is 17.9 Å². The van der Waals surface area contributed by atoms with Crippen LogP contribution in [0.5, 0.6) is 0 Å². The normalized spacial score (nSPS) is 32.0. The largest absolute Gasteiger partial charge is 0.309 e. The van der Waals surface area contributed by atoms with E-state index in [-0.39, 0.29) is 5.92 Å². The van der Waals surface area contributed by atoms with Gasteiger partial charge in [-0.15, -0.1) is 0 Å². The van der Waals surface area contributed by atoms with E-state index in [4.69, 9.17) is 0 Å². The smallest absolute Gasteiger partial charge is 0.230 e. The van der Waals surface area contributed by atoms with Gasteiger partial charge >= 0.3 is 0 Å². The van der Waals surface area contributed by atoms with E-state index in [1.807, 2.05) is 29.2 Å². The molecule has 1 amide bonds. The van der Waals surface area contributed by atoms with E-state index in [2.05, 4.69) is 22.9 Å². The number of anilines is 1. The summed E-state index contributed by atoms with van der Waals surface area (Å²) in [5.41, 5.74) is 1.05. The lowest BCUT2D eigenvalue weighted by Gasteiger charge is -2.30. The van der Waals surface area contributed by atoms with E-state index >= 15 is 0 Å². The van der Waals surface area contributed by atoms with E-state index < -0.39 is 0 Å². The maximum absolute atomic E-state index is 12.4. The van der Waals surface area contributed by atoms with Crippen LogP contribution in [0.25, 0.3) is 0 Å². The molecule has 3 heteroatoms. The molecule has 1 saturated heterocycles.